The quantitative estimate of drug-likeness (QED) is 0.842. The Bertz CT molecular complexity index is 382. The Hall–Kier alpha value is -0.870. The number of nitrogens with two attached hydrogens (primary N) is 1. The molecule has 4 heteroatoms. The summed E-state index contributed by atoms with van der Waals surface area (Å²) in [6.45, 7) is 2.67. The average Bonchev–Trinajstić information content (AvgIpc) is 2.71. The molecular weight excluding hydrogens is 220 g/mol. The zero-order valence-corrected chi connectivity index (χ0v) is 10.4. The lowest BCUT2D eigenvalue weighted by molar-refractivity contribution is 0.0933. The number of nitrogens with one attached hydrogen (secondary N) is 1. The molecule has 0 spiro atoms. The molecule has 3 nitrogen and oxygen atoms in total. The summed E-state index contributed by atoms with van der Waals surface area (Å²) >= 11 is 1.51. The maximum Gasteiger partial charge on any atom is 0.261 e. The fourth-order valence-corrected chi connectivity index (χ4v) is 2.87. The molecule has 0 radical (unpaired) electrons. The molecule has 16 heavy (non-hydrogen) atoms. The van der Waals surface area contributed by atoms with E-state index in [2.05, 4.69) is 12.2 Å². The van der Waals surface area contributed by atoms with Crippen molar-refractivity contribution in [1.29, 1.82) is 0 Å². The van der Waals surface area contributed by atoms with Crippen molar-refractivity contribution in [2.45, 2.75) is 38.1 Å². The Morgan fingerprint density at radius 3 is 2.94 bits per heavy atom. The molecule has 1 aromatic heterocycles. The van der Waals surface area contributed by atoms with Gasteiger partial charge in [0.15, 0.2) is 0 Å². The maximum absolute atomic E-state index is 11.9. The number of hydrogen-bond donors (Lipinski definition) is 2. The molecule has 0 atom stereocenters. The molecule has 1 saturated carbocycles. The number of amides is 1. The number of carbonyl (C=O) groups excluding carboxylic acids is 1. The van der Waals surface area contributed by atoms with E-state index in [0.717, 1.165) is 29.7 Å². The summed E-state index contributed by atoms with van der Waals surface area (Å²) in [5.74, 6) is 0.0311. The van der Waals surface area contributed by atoms with Crippen LogP contribution in [0.4, 0.5) is 0 Å². The van der Waals surface area contributed by atoms with Gasteiger partial charge in [-0.3, -0.25) is 4.79 Å². The molecule has 1 aromatic rings. The first-order chi connectivity index (χ1) is 7.64. The molecule has 1 aliphatic rings. The molecule has 0 unspecified atom stereocenters. The van der Waals surface area contributed by atoms with Gasteiger partial charge in [-0.15, -0.1) is 11.3 Å². The van der Waals surface area contributed by atoms with Gasteiger partial charge in [0.1, 0.15) is 0 Å². The smallest absolute Gasteiger partial charge is 0.261 e. The van der Waals surface area contributed by atoms with Crippen molar-refractivity contribution in [3.05, 3.63) is 21.9 Å². The molecule has 88 valence electrons. The Labute approximate surface area is 100 Å². The van der Waals surface area contributed by atoms with Crippen LogP contribution in [0.25, 0.3) is 0 Å². The standard InChI is InChI=1S/C12H18N2OS/c1-2-9-4-7-16-10(9)11(15)14-8-12(13)5-3-6-12/h4,7H,2-3,5-6,8,13H2,1H3,(H,14,15). The van der Waals surface area contributed by atoms with Gasteiger partial charge in [-0.25, -0.2) is 0 Å². The first kappa shape index (κ1) is 11.6. The summed E-state index contributed by atoms with van der Waals surface area (Å²) in [4.78, 5) is 12.8. The van der Waals surface area contributed by atoms with E-state index in [9.17, 15) is 4.79 Å². The van der Waals surface area contributed by atoms with Crippen molar-refractivity contribution in [3.63, 3.8) is 0 Å². The monoisotopic (exact) mass is 238 g/mol. The van der Waals surface area contributed by atoms with Crippen LogP contribution < -0.4 is 11.1 Å². The number of thiophene rings is 1. The van der Waals surface area contributed by atoms with Gasteiger partial charge in [0, 0.05) is 12.1 Å². The van der Waals surface area contributed by atoms with Crippen LogP contribution >= 0.6 is 11.3 Å². The minimum absolute atomic E-state index is 0.0311. The predicted octanol–water partition coefficient (Wildman–Crippen LogP) is 1.92. The van der Waals surface area contributed by atoms with Crippen LogP contribution in [-0.4, -0.2) is 18.0 Å². The third-order valence-corrected chi connectivity index (χ3v) is 4.24. The van der Waals surface area contributed by atoms with Crippen LogP contribution in [0.1, 0.15) is 41.4 Å². The average molecular weight is 238 g/mol. The van der Waals surface area contributed by atoms with E-state index in [0.29, 0.717) is 6.54 Å². The molecule has 0 aromatic carbocycles. The molecule has 1 heterocycles. The van der Waals surface area contributed by atoms with Crippen LogP contribution in [0.5, 0.6) is 0 Å². The van der Waals surface area contributed by atoms with Gasteiger partial charge in [0.2, 0.25) is 0 Å². The normalized spacial score (nSPS) is 17.9. The molecule has 3 N–H and O–H groups in total. The van der Waals surface area contributed by atoms with Crippen LogP contribution in [0.15, 0.2) is 11.4 Å². The number of carbonyl (C=O) groups is 1. The number of hydrogen-bond acceptors (Lipinski definition) is 3. The Kier molecular flexibility index (Phi) is 3.30. The van der Waals surface area contributed by atoms with Gasteiger partial charge >= 0.3 is 0 Å². The molecule has 0 aliphatic heterocycles. The zero-order chi connectivity index (χ0) is 11.6. The summed E-state index contributed by atoms with van der Waals surface area (Å²) in [6.07, 6.45) is 4.14. The fourth-order valence-electron chi connectivity index (χ4n) is 1.96. The first-order valence-electron chi connectivity index (χ1n) is 5.78. The van der Waals surface area contributed by atoms with E-state index >= 15 is 0 Å². The lowest BCUT2D eigenvalue weighted by Crippen LogP contribution is -2.54. The minimum atomic E-state index is -0.140. The van der Waals surface area contributed by atoms with Crippen molar-refractivity contribution in [1.82, 2.24) is 5.32 Å². The Morgan fingerprint density at radius 2 is 2.38 bits per heavy atom. The van der Waals surface area contributed by atoms with Crippen molar-refractivity contribution in [2.24, 2.45) is 5.73 Å². The Morgan fingerprint density at radius 1 is 1.62 bits per heavy atom. The van der Waals surface area contributed by atoms with Crippen molar-refractivity contribution in [2.75, 3.05) is 6.54 Å². The minimum Gasteiger partial charge on any atom is -0.349 e. The summed E-state index contributed by atoms with van der Waals surface area (Å²) < 4.78 is 0. The van der Waals surface area contributed by atoms with E-state index in [1.165, 1.54) is 17.8 Å². The summed E-state index contributed by atoms with van der Waals surface area (Å²) in [7, 11) is 0. The molecular formula is C12H18N2OS. The topological polar surface area (TPSA) is 55.1 Å². The van der Waals surface area contributed by atoms with Crippen LogP contribution in [0.2, 0.25) is 0 Å². The van der Waals surface area contributed by atoms with Crippen LogP contribution in [0.3, 0.4) is 0 Å². The van der Waals surface area contributed by atoms with E-state index in [1.54, 1.807) is 0 Å². The molecule has 2 rings (SSSR count). The highest BCUT2D eigenvalue weighted by Gasteiger charge is 2.32. The van der Waals surface area contributed by atoms with Gasteiger partial charge in [0.25, 0.3) is 5.91 Å². The highest BCUT2D eigenvalue weighted by atomic mass is 32.1. The third kappa shape index (κ3) is 2.28. The van der Waals surface area contributed by atoms with Crippen LogP contribution in [0, 0.1) is 0 Å². The first-order valence-corrected chi connectivity index (χ1v) is 6.66. The van der Waals surface area contributed by atoms with Gasteiger partial charge < -0.3 is 11.1 Å². The highest BCUT2D eigenvalue weighted by molar-refractivity contribution is 7.12. The van der Waals surface area contributed by atoms with Crippen molar-refractivity contribution < 1.29 is 4.79 Å². The van der Waals surface area contributed by atoms with Gasteiger partial charge in [-0.05, 0) is 42.7 Å². The lowest BCUT2D eigenvalue weighted by Gasteiger charge is -2.38. The summed E-state index contributed by atoms with van der Waals surface area (Å²) in [6, 6.07) is 2.02. The second-order valence-corrected chi connectivity index (χ2v) is 5.44. The molecule has 1 aliphatic carbocycles. The summed E-state index contributed by atoms with van der Waals surface area (Å²) in [5, 5.41) is 4.92. The predicted molar refractivity (Wildman–Crippen MR) is 66.8 cm³/mol. The lowest BCUT2D eigenvalue weighted by atomic mass is 9.78. The molecule has 1 fully saturated rings. The zero-order valence-electron chi connectivity index (χ0n) is 9.58. The van der Waals surface area contributed by atoms with E-state index < -0.39 is 0 Å². The van der Waals surface area contributed by atoms with E-state index in [4.69, 9.17) is 5.73 Å². The third-order valence-electron chi connectivity index (χ3n) is 3.28. The molecule has 0 saturated heterocycles. The number of rotatable bonds is 4. The van der Waals surface area contributed by atoms with Crippen molar-refractivity contribution >= 4 is 17.2 Å². The van der Waals surface area contributed by atoms with Crippen LogP contribution in [-0.2, 0) is 6.42 Å². The maximum atomic E-state index is 11.9. The highest BCUT2D eigenvalue weighted by Crippen LogP contribution is 2.28. The van der Waals surface area contributed by atoms with Gasteiger partial charge in [-0.1, -0.05) is 6.92 Å². The van der Waals surface area contributed by atoms with Crippen molar-refractivity contribution in [3.8, 4) is 0 Å². The van der Waals surface area contributed by atoms with E-state index in [1.807, 2.05) is 11.4 Å². The second kappa shape index (κ2) is 4.55. The van der Waals surface area contributed by atoms with Gasteiger partial charge in [-0.2, -0.15) is 0 Å². The number of aryl methyl sites for hydroxylation is 1. The summed E-state index contributed by atoms with van der Waals surface area (Å²) in [5.41, 5.74) is 7.05. The largest absolute Gasteiger partial charge is 0.349 e. The Balaban J connectivity index is 1.93. The van der Waals surface area contributed by atoms with E-state index in [-0.39, 0.29) is 11.4 Å². The van der Waals surface area contributed by atoms with Gasteiger partial charge in [0.05, 0.1) is 4.88 Å². The molecule has 0 bridgehead atoms. The fraction of sp³-hybridized carbons (Fsp3) is 0.583. The molecule has 1 amide bonds. The SMILES string of the molecule is CCc1ccsc1C(=O)NCC1(N)CCC1. The second-order valence-electron chi connectivity index (χ2n) is 4.53.